The van der Waals surface area contributed by atoms with Gasteiger partial charge in [0.1, 0.15) is 24.2 Å². The van der Waals surface area contributed by atoms with Gasteiger partial charge in [-0.1, -0.05) is 0 Å². The lowest BCUT2D eigenvalue weighted by atomic mass is 10.1. The molecular formula is C14H15N7OS. The molecule has 0 aliphatic carbocycles. The molecule has 0 radical (unpaired) electrons. The Morgan fingerprint density at radius 3 is 3.09 bits per heavy atom. The number of nitrogens with one attached hydrogen (secondary N) is 1. The number of hydrazone groups is 1. The summed E-state index contributed by atoms with van der Waals surface area (Å²) in [5, 5.41) is 10.7. The van der Waals surface area contributed by atoms with Crippen LogP contribution in [-0.2, 0) is 6.54 Å². The number of hydrogen-bond donors (Lipinski definition) is 2. The van der Waals surface area contributed by atoms with Gasteiger partial charge in [0.2, 0.25) is 5.13 Å². The van der Waals surface area contributed by atoms with E-state index in [1.54, 1.807) is 29.7 Å². The van der Waals surface area contributed by atoms with Gasteiger partial charge >= 0.3 is 0 Å². The summed E-state index contributed by atoms with van der Waals surface area (Å²) in [4.78, 5) is 8.01. The number of rotatable bonds is 6. The van der Waals surface area contributed by atoms with Crippen LogP contribution in [0.15, 0.2) is 41.3 Å². The Balaban J connectivity index is 1.74. The summed E-state index contributed by atoms with van der Waals surface area (Å²) in [6.45, 7) is 0.571. The summed E-state index contributed by atoms with van der Waals surface area (Å²) in [7, 11) is 1.64. The molecule has 0 aliphatic rings. The van der Waals surface area contributed by atoms with E-state index < -0.39 is 0 Å². The molecule has 0 saturated heterocycles. The number of thiazole rings is 1. The molecule has 9 heteroatoms. The third-order valence-electron chi connectivity index (χ3n) is 3.00. The summed E-state index contributed by atoms with van der Waals surface area (Å²) in [5.74, 6) is 1.27. The average molecular weight is 329 g/mol. The Kier molecular flexibility index (Phi) is 4.48. The summed E-state index contributed by atoms with van der Waals surface area (Å²) >= 11 is 1.40. The lowest BCUT2D eigenvalue weighted by Gasteiger charge is -2.09. The van der Waals surface area contributed by atoms with Gasteiger partial charge in [-0.25, -0.2) is 14.6 Å². The molecule has 1 aromatic carbocycles. The predicted molar refractivity (Wildman–Crippen MR) is 89.9 cm³/mol. The third-order valence-corrected chi connectivity index (χ3v) is 3.76. The lowest BCUT2D eigenvalue weighted by molar-refractivity contribution is 0.407. The SMILES string of the molecule is COc1ccc(C=NNc2nc(N)cs2)cc1Cn1cncn1. The first-order valence-corrected chi connectivity index (χ1v) is 7.62. The lowest BCUT2D eigenvalue weighted by Crippen LogP contribution is -2.03. The van der Waals surface area contributed by atoms with E-state index in [1.807, 2.05) is 18.2 Å². The highest BCUT2D eigenvalue weighted by atomic mass is 32.1. The fourth-order valence-electron chi connectivity index (χ4n) is 1.99. The van der Waals surface area contributed by atoms with E-state index in [2.05, 4.69) is 25.6 Å². The van der Waals surface area contributed by atoms with E-state index in [0.29, 0.717) is 17.5 Å². The number of hydrogen-bond acceptors (Lipinski definition) is 8. The van der Waals surface area contributed by atoms with Crippen molar-refractivity contribution in [3.8, 4) is 5.75 Å². The number of nitrogen functional groups attached to an aromatic ring is 1. The highest BCUT2D eigenvalue weighted by Crippen LogP contribution is 2.20. The Morgan fingerprint density at radius 2 is 2.39 bits per heavy atom. The molecule has 3 N–H and O–H groups in total. The minimum Gasteiger partial charge on any atom is -0.496 e. The smallest absolute Gasteiger partial charge is 0.205 e. The second kappa shape index (κ2) is 6.88. The van der Waals surface area contributed by atoms with E-state index in [-0.39, 0.29) is 0 Å². The number of anilines is 2. The maximum Gasteiger partial charge on any atom is 0.205 e. The molecule has 0 aliphatic heterocycles. The van der Waals surface area contributed by atoms with Gasteiger partial charge in [-0.3, -0.25) is 5.43 Å². The molecule has 0 fully saturated rings. The number of nitrogens with two attached hydrogens (primary N) is 1. The molecular weight excluding hydrogens is 314 g/mol. The first kappa shape index (κ1) is 15.0. The predicted octanol–water partition coefficient (Wildman–Crippen LogP) is 1.82. The number of benzene rings is 1. The zero-order valence-corrected chi connectivity index (χ0v) is 13.2. The van der Waals surface area contributed by atoms with Gasteiger partial charge in [-0.2, -0.15) is 10.2 Å². The van der Waals surface area contributed by atoms with Gasteiger partial charge in [0.05, 0.1) is 19.9 Å². The van der Waals surface area contributed by atoms with Crippen molar-refractivity contribution in [2.75, 3.05) is 18.3 Å². The van der Waals surface area contributed by atoms with Gasteiger partial charge in [0.25, 0.3) is 0 Å². The Morgan fingerprint density at radius 1 is 1.48 bits per heavy atom. The van der Waals surface area contributed by atoms with Gasteiger partial charge < -0.3 is 10.5 Å². The zero-order valence-electron chi connectivity index (χ0n) is 12.4. The number of ether oxygens (including phenoxy) is 1. The molecule has 0 atom stereocenters. The van der Waals surface area contributed by atoms with Crippen molar-refractivity contribution >= 4 is 28.5 Å². The van der Waals surface area contributed by atoms with E-state index in [4.69, 9.17) is 10.5 Å². The standard InChI is InChI=1S/C14H15N7OS/c1-22-12-3-2-10(4-11(12)6-21-9-16-8-18-21)5-17-20-14-19-13(15)7-23-14/h2-5,7-9H,6,15H2,1H3,(H,19,20). The van der Waals surface area contributed by atoms with Crippen molar-refractivity contribution in [3.63, 3.8) is 0 Å². The highest BCUT2D eigenvalue weighted by molar-refractivity contribution is 7.14. The van der Waals surface area contributed by atoms with E-state index in [9.17, 15) is 0 Å². The number of aromatic nitrogens is 4. The highest BCUT2D eigenvalue weighted by Gasteiger charge is 2.05. The van der Waals surface area contributed by atoms with Crippen LogP contribution in [0.1, 0.15) is 11.1 Å². The average Bonchev–Trinajstić information content (AvgIpc) is 3.20. The summed E-state index contributed by atoms with van der Waals surface area (Å²) in [6, 6.07) is 5.81. The summed E-state index contributed by atoms with van der Waals surface area (Å²) in [5.41, 5.74) is 10.3. The Labute approximate surface area is 136 Å². The minimum absolute atomic E-state index is 0.479. The third kappa shape index (κ3) is 3.83. The van der Waals surface area contributed by atoms with Crippen LogP contribution in [0, 0.1) is 0 Å². The van der Waals surface area contributed by atoms with Crippen molar-refractivity contribution in [2.45, 2.75) is 6.54 Å². The van der Waals surface area contributed by atoms with Gasteiger partial charge in [0, 0.05) is 10.9 Å². The molecule has 0 bridgehead atoms. The molecule has 118 valence electrons. The maximum absolute atomic E-state index is 5.56. The molecule has 0 saturated carbocycles. The minimum atomic E-state index is 0.479. The van der Waals surface area contributed by atoms with Crippen molar-refractivity contribution in [1.82, 2.24) is 19.7 Å². The normalized spacial score (nSPS) is 11.0. The van der Waals surface area contributed by atoms with Crippen LogP contribution in [0.4, 0.5) is 10.9 Å². The Hall–Kier alpha value is -2.94. The number of nitrogens with zero attached hydrogens (tertiary/aromatic N) is 5. The topological polar surface area (TPSA) is 103 Å². The molecule has 3 aromatic rings. The molecule has 2 aromatic heterocycles. The quantitative estimate of drug-likeness (QED) is 0.528. The molecule has 0 spiro atoms. The second-order valence-corrected chi connectivity index (χ2v) is 5.47. The van der Waals surface area contributed by atoms with Crippen LogP contribution < -0.4 is 15.9 Å². The fraction of sp³-hybridized carbons (Fsp3) is 0.143. The fourth-order valence-corrected chi connectivity index (χ4v) is 2.54. The van der Waals surface area contributed by atoms with Crippen molar-refractivity contribution < 1.29 is 4.74 Å². The second-order valence-electron chi connectivity index (χ2n) is 4.61. The van der Waals surface area contributed by atoms with E-state index in [0.717, 1.165) is 16.9 Å². The van der Waals surface area contributed by atoms with Gasteiger partial charge in [-0.15, -0.1) is 11.3 Å². The maximum atomic E-state index is 5.56. The van der Waals surface area contributed by atoms with Crippen LogP contribution in [0.3, 0.4) is 0 Å². The molecule has 3 rings (SSSR count). The van der Waals surface area contributed by atoms with E-state index in [1.165, 1.54) is 17.7 Å². The summed E-state index contributed by atoms with van der Waals surface area (Å²) < 4.78 is 7.11. The van der Waals surface area contributed by atoms with E-state index >= 15 is 0 Å². The first-order valence-electron chi connectivity index (χ1n) is 6.74. The Bertz CT molecular complexity index is 797. The molecule has 8 nitrogen and oxygen atoms in total. The molecule has 0 unspecified atom stereocenters. The monoisotopic (exact) mass is 329 g/mol. The molecule has 23 heavy (non-hydrogen) atoms. The van der Waals surface area contributed by atoms with Crippen molar-refractivity contribution in [2.24, 2.45) is 5.10 Å². The summed E-state index contributed by atoms with van der Waals surface area (Å²) in [6.07, 6.45) is 4.87. The van der Waals surface area contributed by atoms with Crippen LogP contribution in [-0.4, -0.2) is 33.1 Å². The van der Waals surface area contributed by atoms with Gasteiger partial charge in [-0.05, 0) is 23.8 Å². The van der Waals surface area contributed by atoms with Crippen LogP contribution in [0.2, 0.25) is 0 Å². The van der Waals surface area contributed by atoms with Crippen LogP contribution in [0.5, 0.6) is 5.75 Å². The zero-order chi connectivity index (χ0) is 16.1. The van der Waals surface area contributed by atoms with Crippen molar-refractivity contribution in [3.05, 3.63) is 47.4 Å². The number of methoxy groups -OCH3 is 1. The van der Waals surface area contributed by atoms with Crippen LogP contribution in [0.25, 0.3) is 0 Å². The largest absolute Gasteiger partial charge is 0.496 e. The molecule has 0 amide bonds. The van der Waals surface area contributed by atoms with Crippen LogP contribution >= 0.6 is 11.3 Å². The first-order chi connectivity index (χ1) is 11.2. The molecule has 2 heterocycles. The van der Waals surface area contributed by atoms with Crippen molar-refractivity contribution in [1.29, 1.82) is 0 Å². The van der Waals surface area contributed by atoms with Gasteiger partial charge in [0.15, 0.2) is 0 Å².